The number of thiazole rings is 1. The van der Waals surface area contributed by atoms with E-state index in [9.17, 15) is 0 Å². The number of aliphatic hydroxyl groups excluding tert-OH is 1. The summed E-state index contributed by atoms with van der Waals surface area (Å²) in [4.78, 5) is 4.41. The van der Waals surface area contributed by atoms with Gasteiger partial charge in [0.2, 0.25) is 0 Å². The summed E-state index contributed by atoms with van der Waals surface area (Å²) in [6, 6.07) is 3.71. The Morgan fingerprint density at radius 2 is 2.40 bits per heavy atom. The second-order valence-electron chi connectivity index (χ2n) is 3.26. The fourth-order valence-corrected chi connectivity index (χ4v) is 2.36. The van der Waals surface area contributed by atoms with E-state index in [1.807, 2.05) is 24.4 Å². The van der Waals surface area contributed by atoms with Crippen LogP contribution in [0.5, 0.6) is 0 Å². The molecular weight excluding hydrogens is 278 g/mol. The molecule has 0 aliphatic rings. The van der Waals surface area contributed by atoms with E-state index in [1.54, 1.807) is 0 Å². The molecule has 0 saturated carbocycles. The van der Waals surface area contributed by atoms with Crippen LogP contribution in [0.2, 0.25) is 0 Å². The van der Waals surface area contributed by atoms with Crippen molar-refractivity contribution in [2.45, 2.75) is 12.8 Å². The molecule has 0 saturated heterocycles. The first-order chi connectivity index (χ1) is 7.20. The van der Waals surface area contributed by atoms with E-state index in [1.165, 1.54) is 11.3 Å². The van der Waals surface area contributed by atoms with Gasteiger partial charge in [-0.3, -0.25) is 0 Å². The zero-order valence-corrected chi connectivity index (χ0v) is 10.5. The van der Waals surface area contributed by atoms with Crippen molar-refractivity contribution >= 4 is 27.3 Å². The van der Waals surface area contributed by atoms with Crippen molar-refractivity contribution in [1.29, 1.82) is 0 Å². The SMILES string of the molecule is CC(CO)c1csc(-c2ccc(Br)o2)n1. The predicted octanol–water partition coefficient (Wildman–Crippen LogP) is 3.26. The maximum absolute atomic E-state index is 9.01. The lowest BCUT2D eigenvalue weighted by Gasteiger charge is -2.01. The average molecular weight is 288 g/mol. The van der Waals surface area contributed by atoms with Gasteiger partial charge in [-0.15, -0.1) is 11.3 Å². The zero-order chi connectivity index (χ0) is 10.8. The molecule has 1 unspecified atom stereocenters. The van der Waals surface area contributed by atoms with Crippen LogP contribution in [0.3, 0.4) is 0 Å². The first-order valence-corrected chi connectivity index (χ1v) is 6.20. The number of aliphatic hydroxyl groups is 1. The number of halogens is 1. The van der Waals surface area contributed by atoms with E-state index >= 15 is 0 Å². The minimum Gasteiger partial charge on any atom is -0.447 e. The maximum Gasteiger partial charge on any atom is 0.170 e. The van der Waals surface area contributed by atoms with Gasteiger partial charge in [-0.05, 0) is 28.1 Å². The largest absolute Gasteiger partial charge is 0.447 e. The molecule has 0 spiro atoms. The normalized spacial score (nSPS) is 13.0. The van der Waals surface area contributed by atoms with Crippen molar-refractivity contribution in [2.24, 2.45) is 0 Å². The van der Waals surface area contributed by atoms with Gasteiger partial charge < -0.3 is 9.52 Å². The van der Waals surface area contributed by atoms with Crippen molar-refractivity contribution in [1.82, 2.24) is 4.98 Å². The minimum absolute atomic E-state index is 0.0772. The Balaban J connectivity index is 2.27. The van der Waals surface area contributed by atoms with Gasteiger partial charge in [-0.1, -0.05) is 6.92 Å². The van der Waals surface area contributed by atoms with Crippen molar-refractivity contribution in [3.05, 3.63) is 27.9 Å². The van der Waals surface area contributed by atoms with Gasteiger partial charge in [0.25, 0.3) is 0 Å². The molecule has 0 aliphatic carbocycles. The van der Waals surface area contributed by atoms with E-state index < -0.39 is 0 Å². The fraction of sp³-hybridized carbons (Fsp3) is 0.300. The highest BCUT2D eigenvalue weighted by molar-refractivity contribution is 9.10. The standard InChI is InChI=1S/C10H10BrNO2S/c1-6(4-13)7-5-15-10(12-7)8-2-3-9(11)14-8/h2-3,5-6,13H,4H2,1H3. The van der Waals surface area contributed by atoms with Crippen LogP contribution in [0.1, 0.15) is 18.5 Å². The number of furan rings is 1. The molecule has 1 atom stereocenters. The van der Waals surface area contributed by atoms with Crippen LogP contribution in [0.25, 0.3) is 10.8 Å². The topological polar surface area (TPSA) is 46.3 Å². The summed E-state index contributed by atoms with van der Waals surface area (Å²) >= 11 is 4.77. The zero-order valence-electron chi connectivity index (χ0n) is 8.11. The third kappa shape index (κ3) is 2.30. The summed E-state index contributed by atoms with van der Waals surface area (Å²) in [5.74, 6) is 0.830. The maximum atomic E-state index is 9.01. The molecule has 2 aromatic heterocycles. The Labute approximate surface area is 99.9 Å². The summed E-state index contributed by atoms with van der Waals surface area (Å²) in [6.45, 7) is 2.06. The first-order valence-electron chi connectivity index (χ1n) is 4.52. The third-order valence-corrected chi connectivity index (χ3v) is 3.39. The Kier molecular flexibility index (Phi) is 3.23. The summed E-state index contributed by atoms with van der Waals surface area (Å²) in [5, 5.41) is 11.8. The van der Waals surface area contributed by atoms with Gasteiger partial charge in [-0.25, -0.2) is 4.98 Å². The predicted molar refractivity (Wildman–Crippen MR) is 63.0 cm³/mol. The lowest BCUT2D eigenvalue weighted by Crippen LogP contribution is -1.98. The molecule has 0 aliphatic heterocycles. The van der Waals surface area contributed by atoms with Crippen molar-refractivity contribution in [3.8, 4) is 10.8 Å². The smallest absolute Gasteiger partial charge is 0.170 e. The lowest BCUT2D eigenvalue weighted by molar-refractivity contribution is 0.271. The highest BCUT2D eigenvalue weighted by Crippen LogP contribution is 2.29. The van der Waals surface area contributed by atoms with E-state index in [2.05, 4.69) is 20.9 Å². The molecule has 1 N–H and O–H groups in total. The van der Waals surface area contributed by atoms with E-state index in [4.69, 9.17) is 9.52 Å². The molecule has 3 nitrogen and oxygen atoms in total. The Hall–Kier alpha value is -0.650. The molecule has 0 fully saturated rings. The molecule has 2 rings (SSSR count). The molecule has 0 aromatic carbocycles. The van der Waals surface area contributed by atoms with Crippen LogP contribution < -0.4 is 0 Å². The van der Waals surface area contributed by atoms with Gasteiger partial charge in [0, 0.05) is 11.3 Å². The van der Waals surface area contributed by atoms with Gasteiger partial charge in [0.05, 0.1) is 12.3 Å². The number of aromatic nitrogens is 1. The second-order valence-corrected chi connectivity index (χ2v) is 4.90. The van der Waals surface area contributed by atoms with Crippen molar-refractivity contribution in [2.75, 3.05) is 6.61 Å². The quantitative estimate of drug-likeness (QED) is 0.943. The summed E-state index contributed by atoms with van der Waals surface area (Å²) < 4.78 is 6.10. The van der Waals surface area contributed by atoms with Crippen molar-refractivity contribution in [3.63, 3.8) is 0 Å². The monoisotopic (exact) mass is 287 g/mol. The first kappa shape index (κ1) is 10.9. The molecule has 15 heavy (non-hydrogen) atoms. The summed E-state index contributed by atoms with van der Waals surface area (Å²) in [5.41, 5.74) is 0.907. The van der Waals surface area contributed by atoms with Crippen LogP contribution >= 0.6 is 27.3 Å². The third-order valence-electron chi connectivity index (χ3n) is 2.08. The molecule has 2 heterocycles. The van der Waals surface area contributed by atoms with Crippen LogP contribution in [0.15, 0.2) is 26.6 Å². The van der Waals surface area contributed by atoms with Gasteiger partial charge >= 0.3 is 0 Å². The summed E-state index contributed by atoms with van der Waals surface area (Å²) in [7, 11) is 0. The van der Waals surface area contributed by atoms with Crippen LogP contribution in [0.4, 0.5) is 0 Å². The molecule has 80 valence electrons. The highest BCUT2D eigenvalue weighted by Gasteiger charge is 2.12. The molecule has 0 radical (unpaired) electrons. The average Bonchev–Trinajstić information content (AvgIpc) is 2.84. The molecule has 0 bridgehead atoms. The van der Waals surface area contributed by atoms with E-state index in [0.29, 0.717) is 4.67 Å². The molecule has 5 heteroatoms. The van der Waals surface area contributed by atoms with Crippen LogP contribution in [-0.4, -0.2) is 16.7 Å². The fourth-order valence-electron chi connectivity index (χ4n) is 1.15. The Morgan fingerprint density at radius 3 is 3.00 bits per heavy atom. The second kappa shape index (κ2) is 4.47. The highest BCUT2D eigenvalue weighted by atomic mass is 79.9. The number of hydrogen-bond donors (Lipinski definition) is 1. The molecular formula is C10H10BrNO2S. The number of nitrogens with zero attached hydrogens (tertiary/aromatic N) is 1. The molecule has 0 amide bonds. The van der Waals surface area contributed by atoms with Crippen LogP contribution in [-0.2, 0) is 0 Å². The summed E-state index contributed by atoms with van der Waals surface area (Å²) in [6.07, 6.45) is 0. The van der Waals surface area contributed by atoms with Gasteiger partial charge in [0.1, 0.15) is 0 Å². The minimum atomic E-state index is 0.0772. The van der Waals surface area contributed by atoms with Gasteiger partial charge in [-0.2, -0.15) is 0 Å². The Bertz CT molecular complexity index is 452. The van der Waals surface area contributed by atoms with E-state index in [0.717, 1.165) is 16.5 Å². The van der Waals surface area contributed by atoms with Gasteiger partial charge in [0.15, 0.2) is 15.4 Å². The molecule has 2 aromatic rings. The lowest BCUT2D eigenvalue weighted by atomic mass is 10.1. The number of hydrogen-bond acceptors (Lipinski definition) is 4. The van der Waals surface area contributed by atoms with Crippen LogP contribution in [0, 0.1) is 0 Å². The van der Waals surface area contributed by atoms with E-state index in [-0.39, 0.29) is 12.5 Å². The van der Waals surface area contributed by atoms with Crippen molar-refractivity contribution < 1.29 is 9.52 Å². The Morgan fingerprint density at radius 1 is 1.60 bits per heavy atom. The number of rotatable bonds is 3.